The van der Waals surface area contributed by atoms with Gasteiger partial charge in [-0.05, 0) is 12.1 Å². The fourth-order valence-electron chi connectivity index (χ4n) is 1.34. The number of nitrogens with zero attached hydrogens (tertiary/aromatic N) is 1. The Morgan fingerprint density at radius 1 is 1.40 bits per heavy atom. The molecule has 7 nitrogen and oxygen atoms in total. The first-order chi connectivity index (χ1) is 9.45. The SMILES string of the molecule is N[C@@H](CS)C(=O)O.O=C1CN(c2ccccc2)C(=O)N1. The van der Waals surface area contributed by atoms with Crippen LogP contribution in [0.1, 0.15) is 0 Å². The first-order valence-electron chi connectivity index (χ1n) is 5.71. The van der Waals surface area contributed by atoms with E-state index < -0.39 is 12.0 Å². The third-order valence-corrected chi connectivity index (χ3v) is 2.77. The van der Waals surface area contributed by atoms with E-state index in [1.54, 1.807) is 12.1 Å². The third kappa shape index (κ3) is 4.56. The molecule has 0 radical (unpaired) electrons. The zero-order valence-electron chi connectivity index (χ0n) is 10.5. The summed E-state index contributed by atoms with van der Waals surface area (Å²) >= 11 is 3.65. The minimum absolute atomic E-state index is 0.114. The monoisotopic (exact) mass is 297 g/mol. The van der Waals surface area contributed by atoms with Crippen molar-refractivity contribution in [1.82, 2.24) is 5.32 Å². The smallest absolute Gasteiger partial charge is 0.329 e. The summed E-state index contributed by atoms with van der Waals surface area (Å²) in [7, 11) is 0. The van der Waals surface area contributed by atoms with Gasteiger partial charge in [-0.2, -0.15) is 12.6 Å². The Bertz CT molecular complexity index is 495. The van der Waals surface area contributed by atoms with Gasteiger partial charge in [0.2, 0.25) is 5.91 Å². The number of carbonyl (C=O) groups is 3. The Balaban J connectivity index is 0.000000246. The van der Waals surface area contributed by atoms with Gasteiger partial charge in [0.15, 0.2) is 0 Å². The quantitative estimate of drug-likeness (QED) is 0.466. The van der Waals surface area contributed by atoms with Gasteiger partial charge in [0, 0.05) is 11.4 Å². The van der Waals surface area contributed by atoms with Crippen molar-refractivity contribution in [3.63, 3.8) is 0 Å². The van der Waals surface area contributed by atoms with Crippen LogP contribution in [0.2, 0.25) is 0 Å². The number of carbonyl (C=O) groups excluding carboxylic acids is 2. The second-order valence-electron chi connectivity index (χ2n) is 3.90. The molecule has 0 aromatic heterocycles. The number of thiol groups is 1. The maximum absolute atomic E-state index is 11.2. The lowest BCUT2D eigenvalue weighted by Gasteiger charge is -2.11. The highest BCUT2D eigenvalue weighted by molar-refractivity contribution is 7.80. The third-order valence-electron chi connectivity index (χ3n) is 2.37. The summed E-state index contributed by atoms with van der Waals surface area (Å²) in [6, 6.07) is 7.92. The van der Waals surface area contributed by atoms with Crippen LogP contribution in [0, 0.1) is 0 Å². The van der Waals surface area contributed by atoms with E-state index in [4.69, 9.17) is 10.8 Å². The van der Waals surface area contributed by atoms with Gasteiger partial charge in [-0.3, -0.25) is 19.8 Å². The van der Waals surface area contributed by atoms with E-state index in [0.29, 0.717) is 0 Å². The molecule has 8 heteroatoms. The van der Waals surface area contributed by atoms with Crippen LogP contribution in [0.15, 0.2) is 30.3 Å². The number of carboxylic acids is 1. The maximum atomic E-state index is 11.2. The predicted molar refractivity (Wildman–Crippen MR) is 76.8 cm³/mol. The van der Waals surface area contributed by atoms with Gasteiger partial charge in [-0.25, -0.2) is 4.79 Å². The van der Waals surface area contributed by atoms with Crippen LogP contribution in [0.3, 0.4) is 0 Å². The molecule has 1 aromatic carbocycles. The summed E-state index contributed by atoms with van der Waals surface area (Å²) in [5.41, 5.74) is 5.68. The molecule has 108 valence electrons. The molecule has 2 rings (SSSR count). The Labute approximate surface area is 121 Å². The Morgan fingerprint density at radius 3 is 2.35 bits per heavy atom. The topological polar surface area (TPSA) is 113 Å². The molecule has 1 atom stereocenters. The highest BCUT2D eigenvalue weighted by atomic mass is 32.1. The Morgan fingerprint density at radius 2 is 2.00 bits per heavy atom. The first kappa shape index (κ1) is 16.0. The van der Waals surface area contributed by atoms with Gasteiger partial charge in [0.25, 0.3) is 0 Å². The lowest BCUT2D eigenvalue weighted by Crippen LogP contribution is -2.31. The van der Waals surface area contributed by atoms with Crippen molar-refractivity contribution in [2.45, 2.75) is 6.04 Å². The van der Waals surface area contributed by atoms with E-state index in [9.17, 15) is 14.4 Å². The highest BCUT2D eigenvalue weighted by Gasteiger charge is 2.27. The largest absolute Gasteiger partial charge is 0.480 e. The van der Waals surface area contributed by atoms with Crippen molar-refractivity contribution in [3.8, 4) is 0 Å². The van der Waals surface area contributed by atoms with Crippen molar-refractivity contribution in [3.05, 3.63) is 30.3 Å². The molecule has 1 saturated heterocycles. The molecule has 1 aliphatic rings. The number of anilines is 1. The van der Waals surface area contributed by atoms with Crippen LogP contribution in [0.4, 0.5) is 10.5 Å². The number of imide groups is 1. The van der Waals surface area contributed by atoms with E-state index in [1.165, 1.54) is 4.90 Å². The zero-order chi connectivity index (χ0) is 15.1. The van der Waals surface area contributed by atoms with Crippen LogP contribution in [-0.2, 0) is 9.59 Å². The molecule has 1 aromatic rings. The van der Waals surface area contributed by atoms with Crippen molar-refractivity contribution in [2.24, 2.45) is 5.73 Å². The number of nitrogens with one attached hydrogen (secondary N) is 1. The standard InChI is InChI=1S/C9H8N2O2.C3H7NO2S/c12-8-6-11(9(13)10-8)7-4-2-1-3-5-7;4-2(1-7)3(5)6/h1-5H,6H2,(H,10,12,13);2,7H,1,4H2,(H,5,6)/t;2-/m.0/s1. The fourth-order valence-corrected chi connectivity index (χ4v) is 1.49. The molecule has 1 aliphatic heterocycles. The molecule has 0 unspecified atom stereocenters. The summed E-state index contributed by atoms with van der Waals surface area (Å²) in [5.74, 6) is -1.07. The van der Waals surface area contributed by atoms with Crippen molar-refractivity contribution < 1.29 is 19.5 Å². The number of urea groups is 1. The molecule has 4 N–H and O–H groups in total. The second kappa shape index (κ2) is 7.51. The average molecular weight is 297 g/mol. The normalized spacial score (nSPS) is 15.2. The van der Waals surface area contributed by atoms with Crippen LogP contribution in [-0.4, -0.2) is 41.4 Å². The number of amides is 3. The maximum Gasteiger partial charge on any atom is 0.329 e. The van der Waals surface area contributed by atoms with E-state index in [-0.39, 0.29) is 24.2 Å². The molecule has 0 bridgehead atoms. The number of rotatable bonds is 3. The molecule has 1 heterocycles. The van der Waals surface area contributed by atoms with Gasteiger partial charge in [0.1, 0.15) is 12.6 Å². The van der Waals surface area contributed by atoms with E-state index in [1.807, 2.05) is 18.2 Å². The van der Waals surface area contributed by atoms with Crippen LogP contribution in [0.25, 0.3) is 0 Å². The molecule has 20 heavy (non-hydrogen) atoms. The Kier molecular flexibility index (Phi) is 6.01. The molecular weight excluding hydrogens is 282 g/mol. The number of carboxylic acid groups (broad SMARTS) is 1. The summed E-state index contributed by atoms with van der Waals surface area (Å²) in [5, 5.41) is 10.2. The minimum atomic E-state index is -1.00. The van der Waals surface area contributed by atoms with E-state index in [2.05, 4.69) is 17.9 Å². The number of hydrogen-bond donors (Lipinski definition) is 4. The van der Waals surface area contributed by atoms with Crippen molar-refractivity contribution >= 4 is 36.2 Å². The number of benzene rings is 1. The lowest BCUT2D eigenvalue weighted by molar-refractivity contribution is -0.137. The van der Waals surface area contributed by atoms with Gasteiger partial charge >= 0.3 is 12.0 Å². The van der Waals surface area contributed by atoms with Crippen LogP contribution in [0.5, 0.6) is 0 Å². The van der Waals surface area contributed by atoms with Crippen molar-refractivity contribution in [1.29, 1.82) is 0 Å². The molecule has 3 amide bonds. The second-order valence-corrected chi connectivity index (χ2v) is 4.27. The predicted octanol–water partition coefficient (Wildman–Crippen LogP) is 0.0709. The highest BCUT2D eigenvalue weighted by Crippen LogP contribution is 2.15. The molecule has 1 fully saturated rings. The summed E-state index contributed by atoms with van der Waals surface area (Å²) in [6.45, 7) is 0.114. The Hall–Kier alpha value is -2.06. The first-order valence-corrected chi connectivity index (χ1v) is 6.34. The molecule has 0 spiro atoms. The molecule has 0 saturated carbocycles. The van der Waals surface area contributed by atoms with Gasteiger partial charge in [-0.15, -0.1) is 0 Å². The van der Waals surface area contributed by atoms with E-state index >= 15 is 0 Å². The summed E-state index contributed by atoms with van der Waals surface area (Å²) < 4.78 is 0. The minimum Gasteiger partial charge on any atom is -0.480 e. The number of nitrogens with two attached hydrogens (primary N) is 1. The van der Waals surface area contributed by atoms with Gasteiger partial charge in [0.05, 0.1) is 0 Å². The molecular formula is C12H15N3O4S. The number of para-hydroxylation sites is 1. The van der Waals surface area contributed by atoms with E-state index in [0.717, 1.165) is 5.69 Å². The number of aliphatic carboxylic acids is 1. The average Bonchev–Trinajstić information content (AvgIpc) is 2.78. The summed E-state index contributed by atoms with van der Waals surface area (Å²) in [6.07, 6.45) is 0. The van der Waals surface area contributed by atoms with Crippen molar-refractivity contribution in [2.75, 3.05) is 17.2 Å². The number of hydrogen-bond acceptors (Lipinski definition) is 5. The van der Waals surface area contributed by atoms with Crippen LogP contribution < -0.4 is 16.0 Å². The molecule has 0 aliphatic carbocycles. The fraction of sp³-hybridized carbons (Fsp3) is 0.250. The van der Waals surface area contributed by atoms with Gasteiger partial charge in [-0.1, -0.05) is 18.2 Å². The summed E-state index contributed by atoms with van der Waals surface area (Å²) in [4.78, 5) is 33.2. The van der Waals surface area contributed by atoms with Crippen LogP contribution >= 0.6 is 12.6 Å². The van der Waals surface area contributed by atoms with Gasteiger partial charge < -0.3 is 10.8 Å². The zero-order valence-corrected chi connectivity index (χ0v) is 11.4. The lowest BCUT2D eigenvalue weighted by atomic mass is 10.3.